The third-order valence-corrected chi connectivity index (χ3v) is 12.1. The lowest BCUT2D eigenvalue weighted by Crippen LogP contribution is -2.63. The van der Waals surface area contributed by atoms with E-state index >= 15 is 0 Å². The number of nitrogens with one attached hydrogen (secondary N) is 1. The van der Waals surface area contributed by atoms with Crippen LogP contribution in [0.25, 0.3) is 0 Å². The first-order valence-corrected chi connectivity index (χ1v) is 14.0. The standard InChI is InChI=1S/C28H42N2O5/c1-26-8-5-17(23-15-29-11-12-30(23)25(32)33)13-19(26)3-4-22-21(26)6-9-27(2)20(7-10-28(22,27)34)18-14-24(31)35-16-18/h14,17,19-23,29,34H,3-13,15-16H2,1-2H3,(H,32,33)/t17-,19+,20+,21-,22+,23?,26-,27+,28-/m0/s1. The van der Waals surface area contributed by atoms with Gasteiger partial charge in [-0.2, -0.15) is 0 Å². The number of carbonyl (C=O) groups excluding carboxylic acids is 1. The molecule has 4 saturated carbocycles. The van der Waals surface area contributed by atoms with Crippen molar-refractivity contribution >= 4 is 12.1 Å². The van der Waals surface area contributed by atoms with Gasteiger partial charge >= 0.3 is 12.1 Å². The van der Waals surface area contributed by atoms with Crippen molar-refractivity contribution in [3.05, 3.63) is 11.6 Å². The molecule has 0 aromatic heterocycles. The summed E-state index contributed by atoms with van der Waals surface area (Å²) in [4.78, 5) is 25.4. The Morgan fingerprint density at radius 1 is 1.11 bits per heavy atom. The number of fused-ring (bicyclic) bond motifs is 5. The van der Waals surface area contributed by atoms with Crippen LogP contribution in [0.5, 0.6) is 0 Å². The fourth-order valence-corrected chi connectivity index (χ4v) is 10.2. The Kier molecular flexibility index (Phi) is 5.57. The average Bonchev–Trinajstić information content (AvgIpc) is 3.38. The van der Waals surface area contributed by atoms with Gasteiger partial charge in [0.15, 0.2) is 0 Å². The van der Waals surface area contributed by atoms with Crippen LogP contribution in [0.2, 0.25) is 0 Å². The fraction of sp³-hybridized carbons (Fsp3) is 0.857. The summed E-state index contributed by atoms with van der Waals surface area (Å²) >= 11 is 0. The van der Waals surface area contributed by atoms with Gasteiger partial charge in [-0.25, -0.2) is 9.59 Å². The maximum Gasteiger partial charge on any atom is 0.407 e. The normalized spacial score (nSPS) is 49.5. The molecule has 0 aromatic rings. The van der Waals surface area contributed by atoms with Crippen molar-refractivity contribution in [2.75, 3.05) is 26.2 Å². The number of nitrogens with zero attached hydrogens (tertiary/aromatic N) is 1. The Hall–Kier alpha value is -1.60. The predicted octanol–water partition coefficient (Wildman–Crippen LogP) is 3.81. The highest BCUT2D eigenvalue weighted by atomic mass is 16.5. The topological polar surface area (TPSA) is 99.1 Å². The number of hydrogen-bond acceptors (Lipinski definition) is 5. The molecule has 7 nitrogen and oxygen atoms in total. The molecule has 5 fully saturated rings. The second-order valence-corrected chi connectivity index (χ2v) is 13.1. The van der Waals surface area contributed by atoms with E-state index in [1.165, 1.54) is 0 Å². The maximum atomic E-state index is 12.4. The SMILES string of the molecule is C[C@]12CC[C@H](C3CNCCN3C(=O)O)C[C@H]1CC[C@@H]1[C@@H]2CC[C@]2(C)[C@@H](C3=CC(=O)OC3)CC[C@]12O. The highest BCUT2D eigenvalue weighted by Crippen LogP contribution is 2.70. The van der Waals surface area contributed by atoms with Crippen molar-refractivity contribution < 1.29 is 24.5 Å². The van der Waals surface area contributed by atoms with Crippen LogP contribution in [0.1, 0.15) is 71.6 Å². The summed E-state index contributed by atoms with van der Waals surface area (Å²) in [5, 5.41) is 25.6. The summed E-state index contributed by atoms with van der Waals surface area (Å²) < 4.78 is 5.25. The van der Waals surface area contributed by atoms with Crippen molar-refractivity contribution in [2.45, 2.75) is 83.3 Å². The van der Waals surface area contributed by atoms with Gasteiger partial charge in [0.05, 0.1) is 11.6 Å². The Morgan fingerprint density at radius 3 is 2.69 bits per heavy atom. The van der Waals surface area contributed by atoms with Gasteiger partial charge in [0.25, 0.3) is 0 Å². The molecule has 6 aliphatic rings. The Bertz CT molecular complexity index is 936. The first-order chi connectivity index (χ1) is 16.7. The first kappa shape index (κ1) is 23.8. The third kappa shape index (κ3) is 3.36. The predicted molar refractivity (Wildman–Crippen MR) is 131 cm³/mol. The minimum absolute atomic E-state index is 0.0857. The number of hydrogen-bond donors (Lipinski definition) is 3. The molecule has 1 saturated heterocycles. The van der Waals surface area contributed by atoms with E-state index in [2.05, 4.69) is 19.2 Å². The van der Waals surface area contributed by atoms with Crippen LogP contribution in [0.15, 0.2) is 11.6 Å². The highest BCUT2D eigenvalue weighted by molar-refractivity contribution is 5.85. The monoisotopic (exact) mass is 486 g/mol. The van der Waals surface area contributed by atoms with Gasteiger partial charge in [-0.15, -0.1) is 0 Å². The summed E-state index contributed by atoms with van der Waals surface area (Å²) in [6.45, 7) is 7.27. The van der Waals surface area contributed by atoms with Crippen molar-refractivity contribution in [2.24, 2.45) is 40.4 Å². The van der Waals surface area contributed by atoms with Crippen LogP contribution in [0, 0.1) is 40.4 Å². The number of cyclic esters (lactones) is 1. The number of aliphatic hydroxyl groups is 1. The Labute approximate surface area is 208 Å². The second kappa shape index (κ2) is 8.20. The lowest BCUT2D eigenvalue weighted by atomic mass is 9.42. The van der Waals surface area contributed by atoms with Crippen molar-refractivity contribution in [3.8, 4) is 0 Å². The van der Waals surface area contributed by atoms with E-state index in [1.54, 1.807) is 11.0 Å². The summed E-state index contributed by atoms with van der Waals surface area (Å²) in [6.07, 6.45) is 10.4. The first-order valence-electron chi connectivity index (χ1n) is 14.0. The van der Waals surface area contributed by atoms with Crippen LogP contribution in [0.4, 0.5) is 4.79 Å². The number of piperazine rings is 1. The molecule has 4 aliphatic carbocycles. The molecule has 3 N–H and O–H groups in total. The van der Waals surface area contributed by atoms with Gasteiger partial charge in [0.2, 0.25) is 0 Å². The van der Waals surface area contributed by atoms with Gasteiger partial charge in [0, 0.05) is 31.1 Å². The number of ether oxygens (including phenoxy) is 1. The van der Waals surface area contributed by atoms with Crippen molar-refractivity contribution in [3.63, 3.8) is 0 Å². The van der Waals surface area contributed by atoms with E-state index in [4.69, 9.17) is 4.74 Å². The second-order valence-electron chi connectivity index (χ2n) is 13.1. The van der Waals surface area contributed by atoms with Gasteiger partial charge in [0.1, 0.15) is 6.61 Å². The smallest absolute Gasteiger partial charge is 0.407 e. The number of rotatable bonds is 2. The Balaban J connectivity index is 1.22. The zero-order valence-electron chi connectivity index (χ0n) is 21.3. The van der Waals surface area contributed by atoms with E-state index in [1.807, 2.05) is 0 Å². The van der Waals surface area contributed by atoms with E-state index in [0.29, 0.717) is 36.8 Å². The van der Waals surface area contributed by atoms with E-state index < -0.39 is 11.7 Å². The minimum Gasteiger partial charge on any atom is -0.465 e. The molecule has 194 valence electrons. The van der Waals surface area contributed by atoms with Crippen LogP contribution >= 0.6 is 0 Å². The minimum atomic E-state index is -0.775. The average molecular weight is 487 g/mol. The lowest BCUT2D eigenvalue weighted by molar-refractivity contribution is -0.207. The van der Waals surface area contributed by atoms with Gasteiger partial charge in [-0.1, -0.05) is 13.8 Å². The lowest BCUT2D eigenvalue weighted by Gasteiger charge is -2.64. The van der Waals surface area contributed by atoms with E-state index in [0.717, 1.165) is 76.5 Å². The number of carboxylic acid groups (broad SMARTS) is 1. The summed E-state index contributed by atoms with van der Waals surface area (Å²) in [5.74, 6) is 1.88. The molecule has 0 aromatic carbocycles. The Morgan fingerprint density at radius 2 is 1.94 bits per heavy atom. The fourth-order valence-electron chi connectivity index (χ4n) is 10.2. The van der Waals surface area contributed by atoms with Crippen molar-refractivity contribution in [1.82, 2.24) is 10.2 Å². The quantitative estimate of drug-likeness (QED) is 0.514. The zero-order chi connectivity index (χ0) is 24.6. The molecule has 1 amide bonds. The van der Waals surface area contributed by atoms with Crippen LogP contribution in [-0.2, 0) is 9.53 Å². The van der Waals surface area contributed by atoms with Crippen LogP contribution in [-0.4, -0.2) is 65.1 Å². The zero-order valence-corrected chi connectivity index (χ0v) is 21.3. The van der Waals surface area contributed by atoms with Crippen molar-refractivity contribution in [1.29, 1.82) is 0 Å². The van der Waals surface area contributed by atoms with Crippen LogP contribution in [0.3, 0.4) is 0 Å². The molecule has 0 radical (unpaired) electrons. The number of carbonyl (C=O) groups is 2. The molecule has 6 rings (SSSR count). The van der Waals surface area contributed by atoms with Gasteiger partial charge in [-0.05, 0) is 98.4 Å². The van der Waals surface area contributed by atoms with Gasteiger partial charge in [-0.3, -0.25) is 0 Å². The number of amides is 1. The maximum absolute atomic E-state index is 12.4. The molecule has 1 unspecified atom stereocenters. The van der Waals surface area contributed by atoms with E-state index in [-0.39, 0.29) is 28.8 Å². The van der Waals surface area contributed by atoms with Crippen LogP contribution < -0.4 is 5.32 Å². The summed E-state index contributed by atoms with van der Waals surface area (Å²) in [6, 6.07) is 0.0857. The molecule has 2 heterocycles. The molecule has 35 heavy (non-hydrogen) atoms. The highest BCUT2D eigenvalue weighted by Gasteiger charge is 2.67. The summed E-state index contributed by atoms with van der Waals surface area (Å²) in [5.41, 5.74) is 0.447. The molecule has 2 aliphatic heterocycles. The molecule has 7 heteroatoms. The summed E-state index contributed by atoms with van der Waals surface area (Å²) in [7, 11) is 0. The van der Waals surface area contributed by atoms with Gasteiger partial charge < -0.3 is 25.2 Å². The molecule has 0 bridgehead atoms. The molecular weight excluding hydrogens is 444 g/mol. The molecule has 0 spiro atoms. The third-order valence-electron chi connectivity index (χ3n) is 12.1. The molecule has 9 atom stereocenters. The largest absolute Gasteiger partial charge is 0.465 e. The van der Waals surface area contributed by atoms with E-state index in [9.17, 15) is 19.8 Å². The number of esters is 1. The molecular formula is C28H42N2O5.